The minimum absolute atomic E-state index is 0.104. The lowest BCUT2D eigenvalue weighted by Gasteiger charge is -2.39. The Labute approximate surface area is 122 Å². The Kier molecular flexibility index (Phi) is 5.40. The predicted octanol–water partition coefficient (Wildman–Crippen LogP) is -0.959. The van der Waals surface area contributed by atoms with Gasteiger partial charge in [0.05, 0.1) is 18.9 Å². The zero-order valence-corrected chi connectivity index (χ0v) is 11.4. The predicted molar refractivity (Wildman–Crippen MR) is 72.9 cm³/mol. The molecular weight excluding hydrogens is 278 g/mol. The number of aliphatic hydroxyl groups excluding tert-OH is 4. The summed E-state index contributed by atoms with van der Waals surface area (Å²) < 4.78 is 10.6. The van der Waals surface area contributed by atoms with Gasteiger partial charge in [-0.1, -0.05) is 12.6 Å². The van der Waals surface area contributed by atoms with Crippen molar-refractivity contribution in [2.45, 2.75) is 37.3 Å². The van der Waals surface area contributed by atoms with Crippen molar-refractivity contribution >= 4 is 6.08 Å². The van der Waals surface area contributed by atoms with Gasteiger partial charge in [0.2, 0.25) is 0 Å². The molecule has 7 nitrogen and oxygen atoms in total. The van der Waals surface area contributed by atoms with Crippen molar-refractivity contribution in [3.63, 3.8) is 0 Å². The topological polar surface area (TPSA) is 112 Å². The molecule has 3 unspecified atom stereocenters. The van der Waals surface area contributed by atoms with Gasteiger partial charge in [-0.05, 0) is 17.7 Å². The van der Waals surface area contributed by atoms with Gasteiger partial charge in [-0.2, -0.15) is 0 Å². The molecule has 116 valence electrons. The van der Waals surface area contributed by atoms with Gasteiger partial charge in [-0.15, -0.1) is 0 Å². The van der Waals surface area contributed by atoms with Gasteiger partial charge in [-0.25, -0.2) is 0 Å². The third kappa shape index (κ3) is 3.65. The van der Waals surface area contributed by atoms with Crippen molar-refractivity contribution in [3.8, 4) is 0 Å². The molecule has 4 N–H and O–H groups in total. The molecule has 21 heavy (non-hydrogen) atoms. The highest BCUT2D eigenvalue weighted by molar-refractivity contribution is 5.41. The number of pyridine rings is 1. The van der Waals surface area contributed by atoms with E-state index < -0.39 is 37.3 Å². The fourth-order valence-electron chi connectivity index (χ4n) is 2.03. The Balaban J connectivity index is 1.96. The van der Waals surface area contributed by atoms with Crippen LogP contribution in [0.5, 0.6) is 0 Å². The Hall–Kier alpha value is -1.35. The van der Waals surface area contributed by atoms with Crippen LogP contribution in [0.25, 0.3) is 6.08 Å². The van der Waals surface area contributed by atoms with Gasteiger partial charge in [-0.3, -0.25) is 4.98 Å². The van der Waals surface area contributed by atoms with E-state index in [1.54, 1.807) is 24.4 Å². The first-order valence-electron chi connectivity index (χ1n) is 6.56. The van der Waals surface area contributed by atoms with Crippen LogP contribution in [0.1, 0.15) is 11.3 Å². The minimum atomic E-state index is -1.44. The molecule has 7 heteroatoms. The van der Waals surface area contributed by atoms with Crippen LogP contribution in [0.3, 0.4) is 0 Å². The van der Waals surface area contributed by atoms with Gasteiger partial charge < -0.3 is 29.9 Å². The van der Waals surface area contributed by atoms with Gasteiger partial charge in [0.25, 0.3) is 0 Å². The highest BCUT2D eigenvalue weighted by atomic mass is 16.7. The molecule has 2 heterocycles. The molecule has 1 saturated heterocycles. The van der Waals surface area contributed by atoms with Crippen molar-refractivity contribution in [1.82, 2.24) is 4.98 Å². The number of rotatable bonds is 5. The van der Waals surface area contributed by atoms with Crippen molar-refractivity contribution in [2.24, 2.45) is 0 Å². The van der Waals surface area contributed by atoms with E-state index in [1.165, 1.54) is 0 Å². The standard InChI is InChI=1S/C14H19NO6/c1-2-9-4-3-8(5-15-9)7-20-14-13(19)12(18)11(17)10(6-16)21-14/h2-5,10-14,16-19H,1,6-7H2/t10?,11-,12?,13?,14-/m1/s1. The molecule has 0 aromatic carbocycles. The second-order valence-electron chi connectivity index (χ2n) is 4.80. The zero-order valence-electron chi connectivity index (χ0n) is 11.4. The molecule has 1 aliphatic heterocycles. The van der Waals surface area contributed by atoms with Crippen molar-refractivity contribution in [3.05, 3.63) is 36.2 Å². The largest absolute Gasteiger partial charge is 0.394 e. The molecule has 0 aliphatic carbocycles. The molecule has 0 bridgehead atoms. The average Bonchev–Trinajstić information content (AvgIpc) is 2.52. The lowest BCUT2D eigenvalue weighted by Crippen LogP contribution is -2.59. The van der Waals surface area contributed by atoms with Crippen molar-refractivity contribution < 1.29 is 29.9 Å². The minimum Gasteiger partial charge on any atom is -0.394 e. The number of hydrogen-bond acceptors (Lipinski definition) is 7. The van der Waals surface area contributed by atoms with E-state index in [4.69, 9.17) is 14.6 Å². The van der Waals surface area contributed by atoms with Crippen LogP contribution < -0.4 is 0 Å². The maximum absolute atomic E-state index is 9.81. The summed E-state index contributed by atoms with van der Waals surface area (Å²) in [5.74, 6) is 0. The molecule has 0 radical (unpaired) electrons. The highest BCUT2D eigenvalue weighted by Gasteiger charge is 2.43. The van der Waals surface area contributed by atoms with E-state index in [2.05, 4.69) is 11.6 Å². The maximum Gasteiger partial charge on any atom is 0.187 e. The third-order valence-electron chi connectivity index (χ3n) is 3.32. The maximum atomic E-state index is 9.81. The second-order valence-corrected chi connectivity index (χ2v) is 4.80. The molecule has 1 aromatic rings. The molecule has 1 fully saturated rings. The van der Waals surface area contributed by atoms with Crippen LogP contribution in [0, 0.1) is 0 Å². The first-order valence-corrected chi connectivity index (χ1v) is 6.56. The Bertz CT molecular complexity index is 463. The van der Waals surface area contributed by atoms with Crippen molar-refractivity contribution in [2.75, 3.05) is 6.61 Å². The van der Waals surface area contributed by atoms with E-state index in [-0.39, 0.29) is 6.61 Å². The SMILES string of the molecule is C=Cc1ccc(CO[C@@H]2OC(CO)[C@@H](O)C(O)C2O)cn1. The van der Waals surface area contributed by atoms with Gasteiger partial charge >= 0.3 is 0 Å². The summed E-state index contributed by atoms with van der Waals surface area (Å²) in [6, 6.07) is 3.55. The van der Waals surface area contributed by atoms with E-state index in [0.29, 0.717) is 0 Å². The number of ether oxygens (including phenoxy) is 2. The number of aliphatic hydroxyl groups is 4. The van der Waals surface area contributed by atoms with E-state index in [9.17, 15) is 15.3 Å². The van der Waals surface area contributed by atoms with E-state index in [1.807, 2.05) is 0 Å². The summed E-state index contributed by atoms with van der Waals surface area (Å²) in [5, 5.41) is 38.2. The number of nitrogens with zero attached hydrogens (tertiary/aromatic N) is 1. The lowest BCUT2D eigenvalue weighted by atomic mass is 9.99. The smallest absolute Gasteiger partial charge is 0.187 e. The summed E-state index contributed by atoms with van der Waals surface area (Å²) in [4.78, 5) is 4.11. The molecule has 5 atom stereocenters. The first kappa shape index (κ1) is 16.0. The molecule has 0 spiro atoms. The summed E-state index contributed by atoms with van der Waals surface area (Å²) in [5.41, 5.74) is 1.48. The fourth-order valence-corrected chi connectivity index (χ4v) is 2.03. The van der Waals surface area contributed by atoms with Gasteiger partial charge in [0.1, 0.15) is 24.4 Å². The number of hydrogen-bond donors (Lipinski definition) is 4. The normalized spacial score (nSPS) is 32.9. The summed E-state index contributed by atoms with van der Waals surface area (Å²) in [6.07, 6.45) is -3.14. The van der Waals surface area contributed by atoms with E-state index >= 15 is 0 Å². The average molecular weight is 297 g/mol. The molecule has 0 amide bonds. The molecule has 1 aliphatic rings. The molecule has 0 saturated carbocycles. The van der Waals surface area contributed by atoms with Gasteiger partial charge in [0.15, 0.2) is 6.29 Å². The molecule has 1 aromatic heterocycles. The zero-order chi connectivity index (χ0) is 15.4. The third-order valence-corrected chi connectivity index (χ3v) is 3.32. The second kappa shape index (κ2) is 7.08. The Morgan fingerprint density at radius 3 is 2.57 bits per heavy atom. The number of aromatic nitrogens is 1. The van der Waals surface area contributed by atoms with Crippen LogP contribution in [-0.4, -0.2) is 62.7 Å². The lowest BCUT2D eigenvalue weighted by molar-refractivity contribution is -0.304. The Morgan fingerprint density at radius 1 is 1.24 bits per heavy atom. The van der Waals surface area contributed by atoms with Crippen LogP contribution in [0.4, 0.5) is 0 Å². The van der Waals surface area contributed by atoms with Crippen LogP contribution in [0.15, 0.2) is 24.9 Å². The van der Waals surface area contributed by atoms with Gasteiger partial charge in [0, 0.05) is 6.20 Å². The summed E-state index contributed by atoms with van der Waals surface area (Å²) in [7, 11) is 0. The Morgan fingerprint density at radius 2 is 2.00 bits per heavy atom. The van der Waals surface area contributed by atoms with Crippen molar-refractivity contribution in [1.29, 1.82) is 0 Å². The first-order chi connectivity index (χ1) is 10.1. The van der Waals surface area contributed by atoms with Crippen LogP contribution in [-0.2, 0) is 16.1 Å². The van der Waals surface area contributed by atoms with Crippen LogP contribution in [0.2, 0.25) is 0 Å². The van der Waals surface area contributed by atoms with Crippen LogP contribution >= 0.6 is 0 Å². The van der Waals surface area contributed by atoms with E-state index in [0.717, 1.165) is 11.3 Å². The summed E-state index contributed by atoms with van der Waals surface area (Å²) in [6.45, 7) is 3.22. The fraction of sp³-hybridized carbons (Fsp3) is 0.500. The summed E-state index contributed by atoms with van der Waals surface area (Å²) >= 11 is 0. The highest BCUT2D eigenvalue weighted by Crippen LogP contribution is 2.22. The monoisotopic (exact) mass is 297 g/mol. The quantitative estimate of drug-likeness (QED) is 0.554. The molecule has 2 rings (SSSR count). The molecular formula is C14H19NO6.